The summed E-state index contributed by atoms with van der Waals surface area (Å²) in [6.45, 7) is 3.11. The molecule has 0 saturated carbocycles. The topological polar surface area (TPSA) is 26.8 Å². The number of carbonyl (C=O) groups excluding carboxylic acids is 1. The minimum absolute atomic E-state index is 0.0922. The van der Waals surface area contributed by atoms with Crippen LogP contribution in [0.1, 0.15) is 0 Å². The second-order valence-electron chi connectivity index (χ2n) is 4.14. The first kappa shape index (κ1) is 10.3. The number of likely N-dealkylation sites (tertiary alicyclic amines) is 1. The van der Waals surface area contributed by atoms with E-state index < -0.39 is 0 Å². The van der Waals surface area contributed by atoms with E-state index >= 15 is 0 Å². The average molecular weight is 185 g/mol. The van der Waals surface area contributed by atoms with Crippen LogP contribution in [0, 0.1) is 5.92 Å². The molecule has 0 atom stereocenters. The summed E-state index contributed by atoms with van der Waals surface area (Å²) >= 11 is 0. The predicted molar refractivity (Wildman–Crippen MR) is 52.7 cm³/mol. The van der Waals surface area contributed by atoms with Crippen molar-refractivity contribution in [3.8, 4) is 0 Å². The fourth-order valence-corrected chi connectivity index (χ4v) is 1.75. The molecule has 0 aromatic carbocycles. The van der Waals surface area contributed by atoms with E-state index in [1.807, 2.05) is 7.05 Å². The lowest BCUT2D eigenvalue weighted by atomic mass is 10.0. The van der Waals surface area contributed by atoms with Gasteiger partial charge in [-0.05, 0) is 7.05 Å². The van der Waals surface area contributed by atoms with Crippen molar-refractivity contribution in [1.82, 2.24) is 14.7 Å². The van der Waals surface area contributed by atoms with E-state index in [0.29, 0.717) is 5.92 Å². The smallest absolute Gasteiger partial charge is 0.319 e. The molecule has 0 N–H and O–H groups in total. The maximum atomic E-state index is 11.4. The fraction of sp³-hybridized carbons (Fsp3) is 0.889. The fourth-order valence-electron chi connectivity index (χ4n) is 1.75. The van der Waals surface area contributed by atoms with Crippen LogP contribution in [0.4, 0.5) is 4.79 Å². The Hall–Kier alpha value is -0.770. The summed E-state index contributed by atoms with van der Waals surface area (Å²) in [5, 5.41) is 0. The summed E-state index contributed by atoms with van der Waals surface area (Å²) in [5.41, 5.74) is 0. The normalized spacial score (nSPS) is 18.2. The molecule has 2 amide bonds. The lowest BCUT2D eigenvalue weighted by Crippen LogP contribution is -2.50. The molecular weight excluding hydrogens is 166 g/mol. The summed E-state index contributed by atoms with van der Waals surface area (Å²) in [5.74, 6) is 0.666. The standard InChI is InChI=1S/C9H19N3O/c1-10(2)9(13)12(4)7-8-5-11(3)6-8/h8H,5-7H2,1-4H3. The van der Waals surface area contributed by atoms with Crippen molar-refractivity contribution in [1.29, 1.82) is 0 Å². The zero-order valence-electron chi connectivity index (χ0n) is 8.95. The Morgan fingerprint density at radius 1 is 1.38 bits per heavy atom. The Kier molecular flexibility index (Phi) is 3.14. The first-order valence-electron chi connectivity index (χ1n) is 4.61. The molecule has 76 valence electrons. The largest absolute Gasteiger partial charge is 0.331 e. The number of carbonyl (C=O) groups is 1. The molecule has 0 radical (unpaired) electrons. The Balaban J connectivity index is 2.25. The SMILES string of the molecule is CN1CC(CN(C)C(=O)N(C)C)C1. The Morgan fingerprint density at radius 2 is 1.92 bits per heavy atom. The van der Waals surface area contributed by atoms with Crippen LogP contribution in [0.3, 0.4) is 0 Å². The molecule has 1 heterocycles. The van der Waals surface area contributed by atoms with Gasteiger partial charge < -0.3 is 14.7 Å². The molecule has 1 aliphatic rings. The summed E-state index contributed by atoms with van der Waals surface area (Å²) in [4.78, 5) is 17.1. The van der Waals surface area contributed by atoms with Crippen LogP contribution < -0.4 is 0 Å². The zero-order valence-corrected chi connectivity index (χ0v) is 8.95. The molecule has 0 aliphatic carbocycles. The molecule has 1 fully saturated rings. The quantitative estimate of drug-likeness (QED) is 0.613. The third kappa shape index (κ3) is 2.59. The minimum Gasteiger partial charge on any atom is -0.331 e. The van der Waals surface area contributed by atoms with E-state index in [1.165, 1.54) is 0 Å². The third-order valence-corrected chi connectivity index (χ3v) is 2.38. The van der Waals surface area contributed by atoms with Crippen LogP contribution in [0.5, 0.6) is 0 Å². The molecule has 0 bridgehead atoms. The van der Waals surface area contributed by atoms with Crippen LogP contribution in [0.25, 0.3) is 0 Å². The first-order valence-corrected chi connectivity index (χ1v) is 4.61. The minimum atomic E-state index is 0.0922. The highest BCUT2D eigenvalue weighted by molar-refractivity contribution is 5.73. The van der Waals surface area contributed by atoms with E-state index in [1.54, 1.807) is 23.9 Å². The van der Waals surface area contributed by atoms with Crippen LogP contribution in [0.2, 0.25) is 0 Å². The van der Waals surface area contributed by atoms with Gasteiger partial charge in [0.1, 0.15) is 0 Å². The monoisotopic (exact) mass is 185 g/mol. The number of nitrogens with zero attached hydrogens (tertiary/aromatic N) is 3. The molecule has 0 aromatic heterocycles. The van der Waals surface area contributed by atoms with Gasteiger partial charge in [-0.15, -0.1) is 0 Å². The maximum Gasteiger partial charge on any atom is 0.319 e. The Bertz CT molecular complexity index is 187. The van der Waals surface area contributed by atoms with Gasteiger partial charge in [-0.25, -0.2) is 4.79 Å². The molecule has 4 nitrogen and oxygen atoms in total. The van der Waals surface area contributed by atoms with Gasteiger partial charge in [0.15, 0.2) is 0 Å². The van der Waals surface area contributed by atoms with Gasteiger partial charge in [0, 0.05) is 46.7 Å². The lowest BCUT2D eigenvalue weighted by molar-refractivity contribution is 0.100. The second-order valence-corrected chi connectivity index (χ2v) is 4.14. The summed E-state index contributed by atoms with van der Waals surface area (Å²) in [7, 11) is 7.53. The van der Waals surface area contributed by atoms with Crippen LogP contribution in [-0.4, -0.2) is 68.6 Å². The third-order valence-electron chi connectivity index (χ3n) is 2.38. The van der Waals surface area contributed by atoms with E-state index in [-0.39, 0.29) is 6.03 Å². The van der Waals surface area contributed by atoms with Crippen molar-refractivity contribution in [2.45, 2.75) is 0 Å². The Labute approximate surface area is 80.1 Å². The second kappa shape index (κ2) is 3.96. The van der Waals surface area contributed by atoms with Gasteiger partial charge >= 0.3 is 6.03 Å². The molecule has 1 aliphatic heterocycles. The molecule has 0 unspecified atom stereocenters. The maximum absolute atomic E-state index is 11.4. The molecule has 1 saturated heterocycles. The number of urea groups is 1. The van der Waals surface area contributed by atoms with E-state index in [0.717, 1.165) is 19.6 Å². The van der Waals surface area contributed by atoms with Gasteiger partial charge in [0.05, 0.1) is 0 Å². The first-order chi connectivity index (χ1) is 6.00. The van der Waals surface area contributed by atoms with Crippen LogP contribution in [-0.2, 0) is 0 Å². The summed E-state index contributed by atoms with van der Waals surface area (Å²) < 4.78 is 0. The van der Waals surface area contributed by atoms with E-state index in [4.69, 9.17) is 0 Å². The van der Waals surface area contributed by atoms with E-state index in [2.05, 4.69) is 11.9 Å². The number of amides is 2. The zero-order chi connectivity index (χ0) is 10.0. The lowest BCUT2D eigenvalue weighted by Gasteiger charge is -2.38. The highest BCUT2D eigenvalue weighted by Crippen LogP contribution is 2.13. The highest BCUT2D eigenvalue weighted by Gasteiger charge is 2.25. The Morgan fingerprint density at radius 3 is 2.31 bits per heavy atom. The van der Waals surface area contributed by atoms with Crippen molar-refractivity contribution in [2.75, 3.05) is 47.8 Å². The van der Waals surface area contributed by atoms with Gasteiger partial charge in [-0.1, -0.05) is 0 Å². The number of hydrogen-bond acceptors (Lipinski definition) is 2. The van der Waals surface area contributed by atoms with Crippen LogP contribution >= 0.6 is 0 Å². The number of rotatable bonds is 2. The van der Waals surface area contributed by atoms with Crippen molar-refractivity contribution in [2.24, 2.45) is 5.92 Å². The van der Waals surface area contributed by atoms with Crippen molar-refractivity contribution in [3.63, 3.8) is 0 Å². The van der Waals surface area contributed by atoms with E-state index in [9.17, 15) is 4.79 Å². The summed E-state index contributed by atoms with van der Waals surface area (Å²) in [6, 6.07) is 0.0922. The van der Waals surface area contributed by atoms with Gasteiger partial charge in [0.25, 0.3) is 0 Å². The molecular formula is C9H19N3O. The van der Waals surface area contributed by atoms with Gasteiger partial charge in [-0.2, -0.15) is 0 Å². The van der Waals surface area contributed by atoms with Gasteiger partial charge in [0.2, 0.25) is 0 Å². The van der Waals surface area contributed by atoms with Gasteiger partial charge in [-0.3, -0.25) is 0 Å². The predicted octanol–water partition coefficient (Wildman–Crippen LogP) is 0.161. The van der Waals surface area contributed by atoms with Crippen molar-refractivity contribution >= 4 is 6.03 Å². The molecule has 4 heteroatoms. The highest BCUT2D eigenvalue weighted by atomic mass is 16.2. The molecule has 0 spiro atoms. The van der Waals surface area contributed by atoms with Crippen LogP contribution in [0.15, 0.2) is 0 Å². The molecule has 1 rings (SSSR count). The van der Waals surface area contributed by atoms with Crippen molar-refractivity contribution < 1.29 is 4.79 Å². The number of hydrogen-bond donors (Lipinski definition) is 0. The molecule has 13 heavy (non-hydrogen) atoms. The molecule has 0 aromatic rings. The summed E-state index contributed by atoms with van der Waals surface area (Å²) in [6.07, 6.45) is 0. The van der Waals surface area contributed by atoms with Crippen molar-refractivity contribution in [3.05, 3.63) is 0 Å². The average Bonchev–Trinajstić information content (AvgIpc) is 2.00.